The van der Waals surface area contributed by atoms with Crippen LogP contribution in [0.1, 0.15) is 26.3 Å². The highest BCUT2D eigenvalue weighted by molar-refractivity contribution is 6.11. The van der Waals surface area contributed by atoms with Crippen LogP contribution in [-0.2, 0) is 9.47 Å². The van der Waals surface area contributed by atoms with E-state index in [-0.39, 0.29) is 22.4 Å². The van der Waals surface area contributed by atoms with Crippen LogP contribution in [-0.4, -0.2) is 33.3 Å². The molecular formula is C18H16N2O5. The van der Waals surface area contributed by atoms with Gasteiger partial charge < -0.3 is 19.9 Å². The van der Waals surface area contributed by atoms with Crippen molar-refractivity contribution in [3.63, 3.8) is 0 Å². The smallest absolute Gasteiger partial charge is 0.340 e. The van der Waals surface area contributed by atoms with Crippen LogP contribution in [0.2, 0.25) is 0 Å². The summed E-state index contributed by atoms with van der Waals surface area (Å²) < 4.78 is 14.6. The summed E-state index contributed by atoms with van der Waals surface area (Å²) >= 11 is 0. The summed E-state index contributed by atoms with van der Waals surface area (Å²) in [5.74, 6) is -0.973. The summed E-state index contributed by atoms with van der Waals surface area (Å²) in [5, 5.41) is 9.32. The number of nitrogen functional groups attached to an aromatic ring is 1. The van der Waals surface area contributed by atoms with Crippen LogP contribution in [0.4, 0.5) is 5.69 Å². The van der Waals surface area contributed by atoms with Gasteiger partial charge >= 0.3 is 11.9 Å². The van der Waals surface area contributed by atoms with Crippen LogP contribution in [0.5, 0.6) is 5.75 Å². The number of nitriles is 1. The minimum atomic E-state index is -0.829. The van der Waals surface area contributed by atoms with Crippen LogP contribution in [0.15, 0.2) is 30.3 Å². The summed E-state index contributed by atoms with van der Waals surface area (Å²) in [4.78, 5) is 24.5. The summed E-state index contributed by atoms with van der Waals surface area (Å²) in [7, 11) is 3.88. The van der Waals surface area contributed by atoms with E-state index in [1.807, 2.05) is 6.07 Å². The number of carbonyl (C=O) groups is 2. The Balaban J connectivity index is 2.87. The zero-order chi connectivity index (χ0) is 18.6. The lowest BCUT2D eigenvalue weighted by atomic mass is 9.91. The first-order valence-corrected chi connectivity index (χ1v) is 7.16. The average Bonchev–Trinajstić information content (AvgIpc) is 2.66. The van der Waals surface area contributed by atoms with Crippen molar-refractivity contribution in [2.75, 3.05) is 27.1 Å². The maximum atomic E-state index is 12.3. The van der Waals surface area contributed by atoms with E-state index in [2.05, 4.69) is 0 Å². The molecule has 0 heterocycles. The Morgan fingerprint density at radius 1 is 1.00 bits per heavy atom. The Morgan fingerprint density at radius 3 is 2.04 bits per heavy atom. The molecule has 0 bridgehead atoms. The monoisotopic (exact) mass is 340 g/mol. The molecule has 0 saturated heterocycles. The SMILES string of the molecule is COC(=O)c1c(-c2ccc(OC)cc2)cc(C#N)c(N)c1C(=O)OC. The molecule has 0 aliphatic carbocycles. The molecule has 0 fully saturated rings. The number of nitrogens with zero attached hydrogens (tertiary/aromatic N) is 1. The van der Waals surface area contributed by atoms with Crippen LogP contribution in [0, 0.1) is 11.3 Å². The fraction of sp³-hybridized carbons (Fsp3) is 0.167. The second-order valence-corrected chi connectivity index (χ2v) is 4.96. The van der Waals surface area contributed by atoms with Crippen molar-refractivity contribution in [3.8, 4) is 22.9 Å². The molecule has 0 radical (unpaired) electrons. The van der Waals surface area contributed by atoms with Gasteiger partial charge in [0.25, 0.3) is 0 Å². The number of hydrogen-bond acceptors (Lipinski definition) is 7. The molecule has 0 aliphatic rings. The van der Waals surface area contributed by atoms with E-state index >= 15 is 0 Å². The lowest BCUT2D eigenvalue weighted by Crippen LogP contribution is -2.17. The van der Waals surface area contributed by atoms with Gasteiger partial charge in [-0.25, -0.2) is 9.59 Å². The molecule has 2 rings (SSSR count). The second-order valence-electron chi connectivity index (χ2n) is 4.96. The molecule has 0 aromatic heterocycles. The van der Waals surface area contributed by atoms with Crippen LogP contribution < -0.4 is 10.5 Å². The van der Waals surface area contributed by atoms with Gasteiger partial charge in [-0.1, -0.05) is 12.1 Å². The Hall–Kier alpha value is -3.53. The van der Waals surface area contributed by atoms with Gasteiger partial charge in [-0.2, -0.15) is 5.26 Å². The van der Waals surface area contributed by atoms with E-state index in [4.69, 9.17) is 19.9 Å². The first-order valence-electron chi connectivity index (χ1n) is 7.16. The number of anilines is 1. The Morgan fingerprint density at radius 2 is 1.56 bits per heavy atom. The van der Waals surface area contributed by atoms with Gasteiger partial charge in [0.2, 0.25) is 0 Å². The molecule has 2 aromatic carbocycles. The van der Waals surface area contributed by atoms with Gasteiger partial charge in [0, 0.05) is 0 Å². The van der Waals surface area contributed by atoms with Crippen LogP contribution >= 0.6 is 0 Å². The molecule has 25 heavy (non-hydrogen) atoms. The van der Waals surface area contributed by atoms with Gasteiger partial charge in [0.1, 0.15) is 11.8 Å². The molecule has 0 amide bonds. The van der Waals surface area contributed by atoms with Crippen molar-refractivity contribution >= 4 is 17.6 Å². The average molecular weight is 340 g/mol. The van der Waals surface area contributed by atoms with E-state index in [9.17, 15) is 14.9 Å². The summed E-state index contributed by atoms with van der Waals surface area (Å²) in [5.41, 5.74) is 6.49. The lowest BCUT2D eigenvalue weighted by Gasteiger charge is -2.16. The highest BCUT2D eigenvalue weighted by atomic mass is 16.5. The van der Waals surface area contributed by atoms with Gasteiger partial charge in [-0.3, -0.25) is 0 Å². The van der Waals surface area contributed by atoms with E-state index in [0.29, 0.717) is 16.9 Å². The Kier molecular flexibility index (Phi) is 5.25. The van der Waals surface area contributed by atoms with Crippen molar-refractivity contribution in [3.05, 3.63) is 47.0 Å². The summed E-state index contributed by atoms with van der Waals surface area (Å²) in [6.07, 6.45) is 0. The van der Waals surface area contributed by atoms with Crippen LogP contribution in [0.3, 0.4) is 0 Å². The number of ether oxygens (including phenoxy) is 3. The van der Waals surface area contributed by atoms with Gasteiger partial charge in [-0.15, -0.1) is 0 Å². The maximum Gasteiger partial charge on any atom is 0.340 e. The highest BCUT2D eigenvalue weighted by Crippen LogP contribution is 2.34. The summed E-state index contributed by atoms with van der Waals surface area (Å²) in [6, 6.07) is 10.1. The molecule has 0 atom stereocenters. The number of esters is 2. The summed E-state index contributed by atoms with van der Waals surface area (Å²) in [6.45, 7) is 0. The fourth-order valence-electron chi connectivity index (χ4n) is 2.42. The molecular weight excluding hydrogens is 324 g/mol. The molecule has 128 valence electrons. The molecule has 0 saturated carbocycles. The van der Waals surface area contributed by atoms with E-state index in [0.717, 1.165) is 7.11 Å². The van der Waals surface area contributed by atoms with E-state index < -0.39 is 11.9 Å². The zero-order valence-corrected chi connectivity index (χ0v) is 14.0. The third kappa shape index (κ3) is 3.23. The van der Waals surface area contributed by atoms with Crippen LogP contribution in [0.25, 0.3) is 11.1 Å². The number of nitrogens with two attached hydrogens (primary N) is 1. The normalized spacial score (nSPS) is 9.84. The Bertz CT molecular complexity index is 867. The first kappa shape index (κ1) is 17.8. The van der Waals surface area contributed by atoms with Gasteiger partial charge in [0.05, 0.1) is 43.7 Å². The molecule has 0 spiro atoms. The quantitative estimate of drug-likeness (QED) is 0.671. The number of rotatable bonds is 4. The Labute approximate surface area is 144 Å². The predicted octanol–water partition coefficient (Wildman–Crippen LogP) is 2.39. The van der Waals surface area contributed by atoms with Crippen molar-refractivity contribution in [1.82, 2.24) is 0 Å². The van der Waals surface area contributed by atoms with Gasteiger partial charge in [0.15, 0.2) is 0 Å². The number of methoxy groups -OCH3 is 3. The van der Waals surface area contributed by atoms with Crippen molar-refractivity contribution < 1.29 is 23.8 Å². The fourth-order valence-corrected chi connectivity index (χ4v) is 2.42. The molecule has 2 N–H and O–H groups in total. The van der Waals surface area contributed by atoms with Crippen molar-refractivity contribution in [1.29, 1.82) is 5.26 Å². The topological polar surface area (TPSA) is 112 Å². The molecule has 0 unspecified atom stereocenters. The number of benzene rings is 2. The predicted molar refractivity (Wildman–Crippen MR) is 90.2 cm³/mol. The third-order valence-corrected chi connectivity index (χ3v) is 3.67. The zero-order valence-electron chi connectivity index (χ0n) is 14.0. The second kappa shape index (κ2) is 7.36. The molecule has 7 heteroatoms. The minimum Gasteiger partial charge on any atom is -0.497 e. The largest absolute Gasteiger partial charge is 0.497 e. The van der Waals surface area contributed by atoms with Crippen molar-refractivity contribution in [2.45, 2.75) is 0 Å². The maximum absolute atomic E-state index is 12.3. The minimum absolute atomic E-state index is 0.0545. The molecule has 7 nitrogen and oxygen atoms in total. The van der Waals surface area contributed by atoms with E-state index in [1.54, 1.807) is 24.3 Å². The highest BCUT2D eigenvalue weighted by Gasteiger charge is 2.28. The third-order valence-electron chi connectivity index (χ3n) is 3.67. The number of hydrogen-bond donors (Lipinski definition) is 1. The standard InChI is InChI=1S/C18H16N2O5/c1-23-12-6-4-10(5-7-12)13-8-11(9-19)16(20)15(18(22)25-3)14(13)17(21)24-2/h4-8H,20H2,1-3H3. The first-order chi connectivity index (χ1) is 12.0. The molecule has 2 aromatic rings. The number of carbonyl (C=O) groups excluding carboxylic acids is 2. The molecule has 0 aliphatic heterocycles. The van der Waals surface area contributed by atoms with E-state index in [1.165, 1.54) is 20.3 Å². The van der Waals surface area contributed by atoms with Gasteiger partial charge in [-0.05, 0) is 29.3 Å². The van der Waals surface area contributed by atoms with Crippen molar-refractivity contribution in [2.24, 2.45) is 0 Å². The lowest BCUT2D eigenvalue weighted by molar-refractivity contribution is 0.0557.